The lowest BCUT2D eigenvalue weighted by atomic mass is 9.96. The number of H-pyrrole nitrogens is 1. The van der Waals surface area contributed by atoms with Gasteiger partial charge < -0.3 is 30.4 Å². The van der Waals surface area contributed by atoms with Crippen LogP contribution in [0.5, 0.6) is 11.5 Å². The molecule has 16 heteroatoms. The van der Waals surface area contributed by atoms with Gasteiger partial charge in [0.25, 0.3) is 21.6 Å². The van der Waals surface area contributed by atoms with E-state index < -0.39 is 31.4 Å². The second kappa shape index (κ2) is 16.4. The average Bonchev–Trinajstić information content (AvgIpc) is 3.58. The van der Waals surface area contributed by atoms with Crippen LogP contribution in [0.25, 0.3) is 11.0 Å². The van der Waals surface area contributed by atoms with E-state index in [4.69, 9.17) is 15.2 Å². The van der Waals surface area contributed by atoms with Crippen molar-refractivity contribution in [3.63, 3.8) is 0 Å². The Morgan fingerprint density at radius 2 is 1.84 bits per heavy atom. The third-order valence-electron chi connectivity index (χ3n) is 11.3. The zero-order valence-electron chi connectivity index (χ0n) is 31.5. The van der Waals surface area contributed by atoms with E-state index in [1.165, 1.54) is 29.5 Å². The number of piperazine rings is 1. The molecule has 1 unspecified atom stereocenters. The van der Waals surface area contributed by atoms with Gasteiger partial charge in [-0.1, -0.05) is 18.6 Å². The number of nitrogens with zero attached hydrogens (tertiary/aromatic N) is 4. The molecule has 1 amide bonds. The van der Waals surface area contributed by atoms with Crippen molar-refractivity contribution in [2.24, 2.45) is 5.92 Å². The number of anilines is 3. The van der Waals surface area contributed by atoms with Crippen LogP contribution in [0.15, 0.2) is 84.0 Å². The van der Waals surface area contributed by atoms with E-state index in [1.54, 1.807) is 30.5 Å². The van der Waals surface area contributed by atoms with Crippen molar-refractivity contribution in [2.45, 2.75) is 49.5 Å². The number of nitrogens with one attached hydrogen (secondary N) is 3. The lowest BCUT2D eigenvalue weighted by Crippen LogP contribution is -2.47. The predicted molar refractivity (Wildman–Crippen MR) is 217 cm³/mol. The number of nitro benzene ring substituents is 1. The quantitative estimate of drug-likeness (QED) is 0.0498. The molecule has 3 aromatic carbocycles. The highest BCUT2D eigenvalue weighted by Gasteiger charge is 2.30. The first kappa shape index (κ1) is 38.2. The number of fused-ring (bicyclic) bond motifs is 2. The molecule has 1 atom stereocenters. The summed E-state index contributed by atoms with van der Waals surface area (Å²) in [6, 6.07) is 18.8. The molecule has 2 aromatic heterocycles. The number of ether oxygens (including phenoxy) is 2. The van der Waals surface area contributed by atoms with Crippen LogP contribution >= 0.6 is 0 Å². The van der Waals surface area contributed by atoms with Gasteiger partial charge in [-0.25, -0.2) is 18.1 Å². The number of carbonyl (C=O) groups is 1. The summed E-state index contributed by atoms with van der Waals surface area (Å²) in [5.41, 5.74) is 11.1. The van der Waals surface area contributed by atoms with E-state index in [-0.39, 0.29) is 22.9 Å². The van der Waals surface area contributed by atoms with Crippen LogP contribution in [0.2, 0.25) is 0 Å². The monoisotopic (exact) mass is 794 g/mol. The second-order valence-electron chi connectivity index (χ2n) is 14.9. The highest BCUT2D eigenvalue weighted by Crippen LogP contribution is 2.38. The van der Waals surface area contributed by atoms with Crippen LogP contribution in [0.1, 0.15) is 59.6 Å². The Hall–Kier alpha value is -5.71. The summed E-state index contributed by atoms with van der Waals surface area (Å²) in [5, 5.41) is 15.9. The molecule has 5 N–H and O–H groups in total. The van der Waals surface area contributed by atoms with Crippen molar-refractivity contribution in [1.29, 1.82) is 0 Å². The highest BCUT2D eigenvalue weighted by atomic mass is 32.2. The maximum atomic E-state index is 13.9. The minimum Gasteiger partial charge on any atom is -0.455 e. The summed E-state index contributed by atoms with van der Waals surface area (Å²) in [4.78, 5) is 37.0. The number of nitro groups is 1. The number of amides is 1. The molecular formula is C41H46N8O7S. The van der Waals surface area contributed by atoms with Gasteiger partial charge >= 0.3 is 0 Å². The zero-order valence-corrected chi connectivity index (χ0v) is 32.3. The van der Waals surface area contributed by atoms with Gasteiger partial charge in [-0.15, -0.1) is 0 Å². The van der Waals surface area contributed by atoms with Crippen LogP contribution in [0.4, 0.5) is 22.7 Å². The largest absolute Gasteiger partial charge is 0.455 e. The van der Waals surface area contributed by atoms with E-state index in [0.717, 1.165) is 87.5 Å². The van der Waals surface area contributed by atoms with Crippen molar-refractivity contribution in [1.82, 2.24) is 19.6 Å². The van der Waals surface area contributed by atoms with Gasteiger partial charge in [-0.3, -0.25) is 19.8 Å². The van der Waals surface area contributed by atoms with Gasteiger partial charge in [0.2, 0.25) is 0 Å². The second-order valence-corrected chi connectivity index (χ2v) is 16.6. The minimum atomic E-state index is -4.54. The molecular weight excluding hydrogens is 749 g/mol. The van der Waals surface area contributed by atoms with E-state index in [9.17, 15) is 23.3 Å². The zero-order chi connectivity index (χ0) is 39.5. The molecule has 1 aliphatic carbocycles. The predicted octanol–water partition coefficient (Wildman–Crippen LogP) is 6.39. The Balaban J connectivity index is 1.02. The molecule has 0 radical (unpaired) electrons. The van der Waals surface area contributed by atoms with E-state index in [0.29, 0.717) is 37.2 Å². The number of sulfonamides is 1. The maximum Gasteiger partial charge on any atom is 0.293 e. The molecule has 2 saturated heterocycles. The van der Waals surface area contributed by atoms with Crippen molar-refractivity contribution >= 4 is 49.7 Å². The van der Waals surface area contributed by atoms with Crippen molar-refractivity contribution in [3.8, 4) is 11.5 Å². The van der Waals surface area contributed by atoms with E-state index in [1.807, 2.05) is 18.2 Å². The van der Waals surface area contributed by atoms with Crippen LogP contribution in [-0.2, 0) is 21.2 Å². The first-order chi connectivity index (χ1) is 27.6. The first-order valence-electron chi connectivity index (χ1n) is 19.4. The van der Waals surface area contributed by atoms with Crippen molar-refractivity contribution < 1.29 is 27.6 Å². The third-order valence-corrected chi connectivity index (χ3v) is 12.6. The molecule has 4 heterocycles. The topological polar surface area (TPSA) is 198 Å². The van der Waals surface area contributed by atoms with Crippen molar-refractivity contribution in [3.05, 3.63) is 106 Å². The average molecular weight is 795 g/mol. The molecule has 0 spiro atoms. The Morgan fingerprint density at radius 3 is 2.65 bits per heavy atom. The molecule has 0 bridgehead atoms. The summed E-state index contributed by atoms with van der Waals surface area (Å²) >= 11 is 0. The number of aromatic amines is 1. The fraction of sp³-hybridized carbons (Fsp3) is 0.366. The Morgan fingerprint density at radius 1 is 1.02 bits per heavy atom. The number of aromatic nitrogens is 2. The Labute approximate surface area is 330 Å². The minimum absolute atomic E-state index is 0.0352. The molecule has 2 fully saturated rings. The standard InChI is InChI=1S/C41H46N8O7S/c42-35-6-3-5-33-32(35)4-1-2-7-37(33)48-18-16-47(17-19-48)29-8-10-34(39(23-29)56-30-22-28-12-15-43-40(28)45-26-30)41(50)46-57(53,54)31-9-11-36(38(24-31)49(51)52)44-25-27-13-20-55-21-14-27/h3,5-6,8-12,15,22-24,26-27,37,44H,1-2,4,7,13-14,16-21,25,42H2,(H,43,45)(H,46,50). The van der Waals surface area contributed by atoms with E-state index in [2.05, 4.69) is 35.9 Å². The van der Waals surface area contributed by atoms with Gasteiger partial charge in [0.15, 0.2) is 0 Å². The summed E-state index contributed by atoms with van der Waals surface area (Å²) in [7, 11) is -4.54. The highest BCUT2D eigenvalue weighted by molar-refractivity contribution is 7.90. The number of hydrogen-bond donors (Lipinski definition) is 4. The van der Waals surface area contributed by atoms with Gasteiger partial charge in [0.05, 0.1) is 21.6 Å². The SMILES string of the molecule is Nc1cccc2c1CCCCC2N1CCN(c2ccc(C(=O)NS(=O)(=O)c3ccc(NCC4CCOCC4)c([N+](=O)[O-])c3)c(Oc3cnc4[nH]ccc4c3)c2)CC1. The molecule has 57 heavy (non-hydrogen) atoms. The van der Waals surface area contributed by atoms with E-state index >= 15 is 0 Å². The first-order valence-corrected chi connectivity index (χ1v) is 20.9. The Bertz CT molecular complexity index is 2390. The smallest absolute Gasteiger partial charge is 0.293 e. The van der Waals surface area contributed by atoms with Crippen molar-refractivity contribution in [2.75, 3.05) is 61.9 Å². The molecule has 298 valence electrons. The molecule has 5 aromatic rings. The summed E-state index contributed by atoms with van der Waals surface area (Å²) in [6.07, 6.45) is 9.26. The molecule has 0 saturated carbocycles. The lowest BCUT2D eigenvalue weighted by Gasteiger charge is -2.40. The number of pyridine rings is 1. The molecule has 3 aliphatic rings. The number of hydrogen-bond acceptors (Lipinski definition) is 12. The fourth-order valence-electron chi connectivity index (χ4n) is 8.19. The number of nitrogen functional groups attached to an aromatic ring is 1. The number of carbonyl (C=O) groups excluding carboxylic acids is 1. The molecule has 8 rings (SSSR count). The normalized spacial score (nSPS) is 18.1. The third kappa shape index (κ3) is 8.38. The fourth-order valence-corrected chi connectivity index (χ4v) is 9.18. The van der Waals surface area contributed by atoms with Gasteiger partial charge in [0.1, 0.15) is 22.8 Å². The maximum absolute atomic E-state index is 13.9. The van der Waals surface area contributed by atoms with Gasteiger partial charge in [-0.2, -0.15) is 0 Å². The summed E-state index contributed by atoms with van der Waals surface area (Å²) in [6.45, 7) is 4.83. The molecule has 15 nitrogen and oxygen atoms in total. The summed E-state index contributed by atoms with van der Waals surface area (Å²) in [5.74, 6) is -0.190. The van der Waals surface area contributed by atoms with Gasteiger partial charge in [-0.05, 0) is 91.6 Å². The van der Waals surface area contributed by atoms with Crippen LogP contribution < -0.4 is 25.4 Å². The summed E-state index contributed by atoms with van der Waals surface area (Å²) < 4.78 is 41.1. The van der Waals surface area contributed by atoms with Gasteiger partial charge in [0, 0.05) is 87.1 Å². The number of benzene rings is 3. The number of rotatable bonds is 11. The lowest BCUT2D eigenvalue weighted by molar-refractivity contribution is -0.384. The number of nitrogens with two attached hydrogens (primary N) is 1. The van der Waals surface area contributed by atoms with Crippen LogP contribution in [0.3, 0.4) is 0 Å². The van der Waals surface area contributed by atoms with Crippen LogP contribution in [-0.4, -0.2) is 80.1 Å². The Kier molecular flexibility index (Phi) is 11.0. The van der Waals surface area contributed by atoms with Crippen LogP contribution in [0, 0.1) is 16.0 Å². The molecule has 2 aliphatic heterocycles.